The number of hydrazine groups is 1. The molecule has 0 radical (unpaired) electrons. The molecule has 3 aromatic rings. The largest absolute Gasteiger partial charge is 0.351 e. The van der Waals surface area contributed by atoms with Crippen LogP contribution in [-0.4, -0.2) is 49.7 Å². The molecule has 8 nitrogen and oxygen atoms in total. The molecule has 8 heteroatoms. The highest BCUT2D eigenvalue weighted by Crippen LogP contribution is 2.34. The minimum absolute atomic E-state index is 0.331. The van der Waals surface area contributed by atoms with Gasteiger partial charge in [0.05, 0.1) is 6.33 Å². The van der Waals surface area contributed by atoms with E-state index < -0.39 is 0 Å². The number of nitrogens with two attached hydrogens (primary N) is 1. The zero-order valence-corrected chi connectivity index (χ0v) is 21.3. The fourth-order valence-electron chi connectivity index (χ4n) is 6.30. The Balaban J connectivity index is 1.19. The van der Waals surface area contributed by atoms with E-state index in [1.54, 1.807) is 0 Å². The average molecular weight is 489 g/mol. The molecule has 1 aromatic carbocycles. The number of rotatable bonds is 7. The zero-order valence-electron chi connectivity index (χ0n) is 21.3. The van der Waals surface area contributed by atoms with Crippen LogP contribution in [0.25, 0.3) is 11.2 Å². The second-order valence-corrected chi connectivity index (χ2v) is 11.1. The molecule has 3 fully saturated rings. The van der Waals surface area contributed by atoms with Gasteiger partial charge >= 0.3 is 0 Å². The first-order valence-corrected chi connectivity index (χ1v) is 14.0. The van der Waals surface area contributed by atoms with Crippen molar-refractivity contribution in [2.24, 2.45) is 11.7 Å². The van der Waals surface area contributed by atoms with Gasteiger partial charge in [0, 0.05) is 31.2 Å². The van der Waals surface area contributed by atoms with Gasteiger partial charge < -0.3 is 21.0 Å². The summed E-state index contributed by atoms with van der Waals surface area (Å²) in [6.07, 6.45) is 14.7. The molecular formula is C28H40N8. The van der Waals surface area contributed by atoms with Crippen LogP contribution in [0.15, 0.2) is 36.7 Å². The average Bonchev–Trinajstić information content (AvgIpc) is 3.58. The number of nitrogens with zero attached hydrogens (tertiary/aromatic N) is 5. The summed E-state index contributed by atoms with van der Waals surface area (Å²) >= 11 is 0. The van der Waals surface area contributed by atoms with Gasteiger partial charge in [-0.15, -0.1) is 0 Å². The predicted molar refractivity (Wildman–Crippen MR) is 145 cm³/mol. The zero-order chi connectivity index (χ0) is 24.3. The van der Waals surface area contributed by atoms with Crippen molar-refractivity contribution in [2.75, 3.05) is 23.8 Å². The van der Waals surface area contributed by atoms with E-state index >= 15 is 0 Å². The summed E-state index contributed by atoms with van der Waals surface area (Å²) in [6.45, 7) is 2.02. The summed E-state index contributed by atoms with van der Waals surface area (Å²) < 4.78 is 2.29. The third-order valence-electron chi connectivity index (χ3n) is 8.49. The molecule has 3 aliphatic rings. The lowest BCUT2D eigenvalue weighted by atomic mass is 9.91. The van der Waals surface area contributed by atoms with Crippen molar-refractivity contribution in [3.05, 3.63) is 42.2 Å². The van der Waals surface area contributed by atoms with E-state index in [1.165, 1.54) is 44.1 Å². The van der Waals surface area contributed by atoms with Crippen molar-refractivity contribution in [2.45, 2.75) is 88.8 Å². The van der Waals surface area contributed by atoms with Gasteiger partial charge in [-0.2, -0.15) is 9.97 Å². The van der Waals surface area contributed by atoms with Crippen LogP contribution >= 0.6 is 0 Å². The number of nitrogens with one attached hydrogen (secondary N) is 2. The first kappa shape index (κ1) is 23.7. The third kappa shape index (κ3) is 5.34. The van der Waals surface area contributed by atoms with E-state index in [1.807, 2.05) is 6.33 Å². The number of fused-ring (bicyclic) bond motifs is 1. The molecule has 2 aliphatic carbocycles. The van der Waals surface area contributed by atoms with E-state index in [0.29, 0.717) is 24.1 Å². The number of anilines is 2. The van der Waals surface area contributed by atoms with Crippen LogP contribution in [0.3, 0.4) is 0 Å². The van der Waals surface area contributed by atoms with Gasteiger partial charge in [-0.05, 0) is 69.3 Å². The Bertz CT molecular complexity index is 1120. The Kier molecular flexibility index (Phi) is 7.05. The van der Waals surface area contributed by atoms with Crippen molar-refractivity contribution in [1.29, 1.82) is 0 Å². The normalized spacial score (nSPS) is 24.4. The molecule has 2 aromatic heterocycles. The molecular weight excluding hydrogens is 448 g/mol. The van der Waals surface area contributed by atoms with Gasteiger partial charge in [0.1, 0.15) is 0 Å². The molecule has 3 heterocycles. The smallest absolute Gasteiger partial charge is 0.227 e. The van der Waals surface area contributed by atoms with Crippen LogP contribution in [0, 0.1) is 5.92 Å². The molecule has 0 unspecified atom stereocenters. The maximum Gasteiger partial charge on any atom is 0.227 e. The van der Waals surface area contributed by atoms with Crippen molar-refractivity contribution in [3.8, 4) is 0 Å². The fraction of sp³-hybridized carbons (Fsp3) is 0.607. The molecule has 2 saturated carbocycles. The molecule has 36 heavy (non-hydrogen) atoms. The van der Waals surface area contributed by atoms with Crippen LogP contribution in [0.5, 0.6) is 0 Å². The molecule has 0 amide bonds. The van der Waals surface area contributed by atoms with E-state index in [9.17, 15) is 0 Å². The minimum atomic E-state index is 0.331. The molecule has 4 N–H and O–H groups in total. The van der Waals surface area contributed by atoms with Crippen LogP contribution in [0.1, 0.15) is 75.8 Å². The van der Waals surface area contributed by atoms with Crippen LogP contribution in [0.2, 0.25) is 0 Å². The highest BCUT2D eigenvalue weighted by molar-refractivity contribution is 5.84. The van der Waals surface area contributed by atoms with E-state index in [0.717, 1.165) is 68.1 Å². The first-order valence-electron chi connectivity index (χ1n) is 14.0. The number of hydrogen-bond acceptors (Lipinski definition) is 7. The molecule has 1 aliphatic heterocycles. The van der Waals surface area contributed by atoms with Gasteiger partial charge in [-0.1, -0.05) is 43.2 Å². The van der Waals surface area contributed by atoms with Gasteiger partial charge in [0.25, 0.3) is 0 Å². The summed E-state index contributed by atoms with van der Waals surface area (Å²) in [5, 5.41) is 5.96. The van der Waals surface area contributed by atoms with Gasteiger partial charge in [0.2, 0.25) is 5.95 Å². The van der Waals surface area contributed by atoms with Crippen molar-refractivity contribution in [1.82, 2.24) is 24.5 Å². The molecule has 6 rings (SSSR count). The third-order valence-corrected chi connectivity index (χ3v) is 8.49. The molecule has 1 saturated heterocycles. The van der Waals surface area contributed by atoms with Crippen LogP contribution in [-0.2, 0) is 6.42 Å². The maximum absolute atomic E-state index is 6.14. The predicted octanol–water partition coefficient (Wildman–Crippen LogP) is 4.90. The second-order valence-electron chi connectivity index (χ2n) is 11.1. The molecule has 0 spiro atoms. The summed E-state index contributed by atoms with van der Waals surface area (Å²) in [7, 11) is 0. The van der Waals surface area contributed by atoms with Gasteiger partial charge in [-0.3, -0.25) is 0 Å². The van der Waals surface area contributed by atoms with Crippen LogP contribution in [0.4, 0.5) is 11.8 Å². The maximum atomic E-state index is 6.14. The Labute approximate surface area is 214 Å². The standard InChI is InChI=1S/C28H40N8/c29-22-10-12-23(13-11-22)31-28-32-26(25-27(33-28)36(19-30-25)24-8-4-5-9-24)34-35-16-14-21(15-17-35)18-20-6-2-1-3-7-20/h1-3,6-7,19,21-24H,4-5,8-18,29H2,(H2,31,32,33,34)/t22-,23-. The lowest BCUT2D eigenvalue weighted by molar-refractivity contribution is 0.216. The van der Waals surface area contributed by atoms with Crippen molar-refractivity contribution in [3.63, 3.8) is 0 Å². The quantitative estimate of drug-likeness (QED) is 0.435. The number of imidazole rings is 1. The van der Waals surface area contributed by atoms with Crippen molar-refractivity contribution < 1.29 is 0 Å². The summed E-state index contributed by atoms with van der Waals surface area (Å²) in [5.41, 5.74) is 13.1. The number of piperidine rings is 1. The topological polar surface area (TPSA) is 96.9 Å². The molecule has 0 bridgehead atoms. The van der Waals surface area contributed by atoms with E-state index in [2.05, 4.69) is 50.7 Å². The summed E-state index contributed by atoms with van der Waals surface area (Å²) in [5.74, 6) is 2.27. The number of hydrogen-bond donors (Lipinski definition) is 3. The SMILES string of the molecule is N[C@H]1CC[C@H](Nc2nc(NN3CCC(Cc4ccccc4)CC3)c3ncn(C4CCCC4)c3n2)CC1. The highest BCUT2D eigenvalue weighted by atomic mass is 15.5. The molecule has 0 atom stereocenters. The Hall–Kier alpha value is -2.71. The Morgan fingerprint density at radius 1 is 0.889 bits per heavy atom. The van der Waals surface area contributed by atoms with Gasteiger partial charge in [-0.25, -0.2) is 9.99 Å². The minimum Gasteiger partial charge on any atom is -0.351 e. The Morgan fingerprint density at radius 2 is 1.64 bits per heavy atom. The lowest BCUT2D eigenvalue weighted by Gasteiger charge is -2.32. The molecule has 192 valence electrons. The van der Waals surface area contributed by atoms with E-state index in [-0.39, 0.29) is 0 Å². The summed E-state index contributed by atoms with van der Waals surface area (Å²) in [6, 6.07) is 12.1. The fourth-order valence-corrected chi connectivity index (χ4v) is 6.30. The highest BCUT2D eigenvalue weighted by Gasteiger charge is 2.25. The number of benzene rings is 1. The lowest BCUT2D eigenvalue weighted by Crippen LogP contribution is -2.39. The van der Waals surface area contributed by atoms with Crippen LogP contribution < -0.4 is 16.5 Å². The Morgan fingerprint density at radius 3 is 2.39 bits per heavy atom. The van der Waals surface area contributed by atoms with E-state index in [4.69, 9.17) is 20.7 Å². The number of aromatic nitrogens is 4. The van der Waals surface area contributed by atoms with Gasteiger partial charge in [0.15, 0.2) is 17.0 Å². The monoisotopic (exact) mass is 488 g/mol. The second kappa shape index (κ2) is 10.7. The van der Waals surface area contributed by atoms with Crippen molar-refractivity contribution >= 4 is 22.9 Å². The first-order chi connectivity index (χ1) is 17.7. The summed E-state index contributed by atoms with van der Waals surface area (Å²) in [4.78, 5) is 14.7.